The second kappa shape index (κ2) is 4.32. The smallest absolute Gasteiger partial charge is 0.129 e. The van der Waals surface area contributed by atoms with Crippen molar-refractivity contribution in [2.45, 2.75) is 13.3 Å². The molecule has 0 spiro atoms. The highest BCUT2D eigenvalue weighted by molar-refractivity contribution is 5.39. The minimum absolute atomic E-state index is 0.627. The van der Waals surface area contributed by atoms with E-state index in [9.17, 15) is 0 Å². The minimum Gasteiger partial charge on any atom is -0.464 e. The van der Waals surface area contributed by atoms with Crippen LogP contribution in [-0.4, -0.2) is 0 Å². The molecule has 0 bridgehead atoms. The van der Waals surface area contributed by atoms with Crippen LogP contribution >= 0.6 is 0 Å². The summed E-state index contributed by atoms with van der Waals surface area (Å²) in [4.78, 5) is 0. The van der Waals surface area contributed by atoms with E-state index < -0.39 is 0 Å². The Balaban J connectivity index is 2.92. The predicted octanol–water partition coefficient (Wildman–Crippen LogP) is 2.83. The van der Waals surface area contributed by atoms with Gasteiger partial charge in [-0.2, -0.15) is 5.26 Å². The van der Waals surface area contributed by atoms with Crippen molar-refractivity contribution in [3.63, 3.8) is 0 Å². The summed E-state index contributed by atoms with van der Waals surface area (Å²) in [6.07, 6.45) is 7.61. The number of ether oxygens (including phenoxy) is 1. The normalized spacial score (nSPS) is 16.5. The van der Waals surface area contributed by atoms with Gasteiger partial charge in [0.25, 0.3) is 0 Å². The maximum Gasteiger partial charge on any atom is 0.129 e. The van der Waals surface area contributed by atoms with Gasteiger partial charge in [-0.15, -0.1) is 0 Å². The van der Waals surface area contributed by atoms with E-state index in [0.717, 1.165) is 11.3 Å². The van der Waals surface area contributed by atoms with Crippen molar-refractivity contribution < 1.29 is 4.74 Å². The molecule has 0 aromatic heterocycles. The fraction of sp³-hybridized carbons (Fsp3) is 0.182. The Kier molecular flexibility index (Phi) is 3.10. The molecule has 0 aromatic carbocycles. The maximum atomic E-state index is 8.67. The van der Waals surface area contributed by atoms with Crippen molar-refractivity contribution in [3.05, 3.63) is 48.0 Å². The Bertz CT molecular complexity index is 340. The monoisotopic (exact) mass is 173 g/mol. The fourth-order valence-corrected chi connectivity index (χ4v) is 1.13. The van der Waals surface area contributed by atoms with E-state index in [4.69, 9.17) is 10.00 Å². The third kappa shape index (κ3) is 2.09. The molecule has 0 aromatic rings. The number of rotatable bonds is 2. The van der Waals surface area contributed by atoms with Crippen molar-refractivity contribution in [2.24, 2.45) is 0 Å². The molecule has 0 aliphatic carbocycles. The van der Waals surface area contributed by atoms with Gasteiger partial charge in [0, 0.05) is 6.42 Å². The van der Waals surface area contributed by atoms with Crippen LogP contribution in [0, 0.1) is 11.3 Å². The Morgan fingerprint density at radius 3 is 3.00 bits per heavy atom. The third-order valence-corrected chi connectivity index (χ3v) is 1.72. The van der Waals surface area contributed by atoms with Crippen molar-refractivity contribution in [1.29, 1.82) is 5.26 Å². The highest BCUT2D eigenvalue weighted by atomic mass is 16.5. The Hall–Kier alpha value is -1.75. The molecule has 0 fully saturated rings. The summed E-state index contributed by atoms with van der Waals surface area (Å²) in [6, 6.07) is 2.07. The van der Waals surface area contributed by atoms with E-state index in [2.05, 4.69) is 12.6 Å². The number of allylic oxidation sites excluding steroid dienone is 5. The standard InChI is InChI=1S/C11H11NO/c1-3-5-10-6-9(7-12)8-13-11(10)4-2/h3-5,8H,2,6H2,1H3/b5-3-. The van der Waals surface area contributed by atoms with E-state index in [1.165, 1.54) is 6.26 Å². The first-order chi connectivity index (χ1) is 6.31. The highest BCUT2D eigenvalue weighted by Crippen LogP contribution is 2.23. The molecular weight excluding hydrogens is 162 g/mol. The summed E-state index contributed by atoms with van der Waals surface area (Å²) < 4.78 is 5.22. The van der Waals surface area contributed by atoms with E-state index in [0.29, 0.717) is 12.0 Å². The number of hydrogen-bond donors (Lipinski definition) is 0. The summed E-state index contributed by atoms with van der Waals surface area (Å²) in [5.41, 5.74) is 1.63. The zero-order chi connectivity index (χ0) is 9.68. The van der Waals surface area contributed by atoms with Crippen molar-refractivity contribution in [1.82, 2.24) is 0 Å². The molecule has 0 N–H and O–H groups in total. The lowest BCUT2D eigenvalue weighted by Gasteiger charge is -2.13. The van der Waals surface area contributed by atoms with Crippen LogP contribution in [0.4, 0.5) is 0 Å². The quantitative estimate of drug-likeness (QED) is 0.643. The molecule has 2 heteroatoms. The lowest BCUT2D eigenvalue weighted by Crippen LogP contribution is -1.98. The van der Waals surface area contributed by atoms with Crippen molar-refractivity contribution in [2.75, 3.05) is 0 Å². The molecule has 0 amide bonds. The Labute approximate surface area is 78.1 Å². The molecule has 0 saturated carbocycles. The minimum atomic E-state index is 0.627. The van der Waals surface area contributed by atoms with Gasteiger partial charge in [0.2, 0.25) is 0 Å². The van der Waals surface area contributed by atoms with Gasteiger partial charge >= 0.3 is 0 Å². The molecule has 0 radical (unpaired) electrons. The van der Waals surface area contributed by atoms with Gasteiger partial charge in [-0.3, -0.25) is 0 Å². The second-order valence-corrected chi connectivity index (χ2v) is 2.64. The molecule has 2 nitrogen and oxygen atoms in total. The van der Waals surface area contributed by atoms with Gasteiger partial charge in [-0.25, -0.2) is 0 Å². The van der Waals surface area contributed by atoms with Crippen LogP contribution in [0.25, 0.3) is 0 Å². The Morgan fingerprint density at radius 2 is 2.46 bits per heavy atom. The zero-order valence-electron chi connectivity index (χ0n) is 7.58. The number of hydrogen-bond acceptors (Lipinski definition) is 2. The molecule has 66 valence electrons. The highest BCUT2D eigenvalue weighted by Gasteiger charge is 2.10. The van der Waals surface area contributed by atoms with Crippen LogP contribution in [0.2, 0.25) is 0 Å². The first kappa shape index (κ1) is 9.34. The van der Waals surface area contributed by atoms with E-state index in [-0.39, 0.29) is 0 Å². The fourth-order valence-electron chi connectivity index (χ4n) is 1.13. The average molecular weight is 173 g/mol. The number of nitrogens with zero attached hydrogens (tertiary/aromatic N) is 1. The molecule has 1 aliphatic rings. The van der Waals surface area contributed by atoms with Crippen LogP contribution in [0.15, 0.2) is 48.0 Å². The molecule has 1 aliphatic heterocycles. The van der Waals surface area contributed by atoms with Crippen LogP contribution in [0.1, 0.15) is 13.3 Å². The SMILES string of the molecule is C=CC1=C(/C=C\C)CC(C#N)=CO1. The molecule has 1 rings (SSSR count). The average Bonchev–Trinajstić information content (AvgIpc) is 2.18. The van der Waals surface area contributed by atoms with Crippen molar-refractivity contribution in [3.8, 4) is 6.07 Å². The second-order valence-electron chi connectivity index (χ2n) is 2.64. The summed E-state index contributed by atoms with van der Waals surface area (Å²) in [5, 5.41) is 8.67. The van der Waals surface area contributed by atoms with Crippen LogP contribution < -0.4 is 0 Å². The van der Waals surface area contributed by atoms with Gasteiger partial charge < -0.3 is 4.74 Å². The van der Waals surface area contributed by atoms with Crippen LogP contribution in [0.3, 0.4) is 0 Å². The van der Waals surface area contributed by atoms with Gasteiger partial charge in [0.05, 0.1) is 11.6 Å². The number of nitriles is 1. The van der Waals surface area contributed by atoms with Gasteiger partial charge in [-0.1, -0.05) is 18.7 Å². The molecule has 13 heavy (non-hydrogen) atoms. The van der Waals surface area contributed by atoms with E-state index in [1.807, 2.05) is 19.1 Å². The van der Waals surface area contributed by atoms with Gasteiger partial charge in [0.15, 0.2) is 0 Å². The first-order valence-electron chi connectivity index (χ1n) is 4.06. The van der Waals surface area contributed by atoms with Crippen LogP contribution in [0.5, 0.6) is 0 Å². The summed E-state index contributed by atoms with van der Waals surface area (Å²) >= 11 is 0. The summed E-state index contributed by atoms with van der Waals surface area (Å²) in [5.74, 6) is 0.733. The molecular formula is C11H11NO. The molecule has 1 heterocycles. The summed E-state index contributed by atoms with van der Waals surface area (Å²) in [7, 11) is 0. The molecule has 0 saturated heterocycles. The lowest BCUT2D eigenvalue weighted by atomic mass is 10.0. The largest absolute Gasteiger partial charge is 0.464 e. The summed E-state index contributed by atoms with van der Waals surface area (Å²) in [6.45, 7) is 5.57. The predicted molar refractivity (Wildman–Crippen MR) is 51.4 cm³/mol. The first-order valence-corrected chi connectivity index (χ1v) is 4.06. The molecule has 0 unspecified atom stereocenters. The lowest BCUT2D eigenvalue weighted by molar-refractivity contribution is 0.351. The third-order valence-electron chi connectivity index (χ3n) is 1.72. The van der Waals surface area contributed by atoms with Gasteiger partial charge in [-0.05, 0) is 18.6 Å². The Morgan fingerprint density at radius 1 is 1.69 bits per heavy atom. The van der Waals surface area contributed by atoms with Crippen molar-refractivity contribution >= 4 is 0 Å². The van der Waals surface area contributed by atoms with E-state index in [1.54, 1.807) is 6.08 Å². The van der Waals surface area contributed by atoms with Gasteiger partial charge in [0.1, 0.15) is 12.0 Å². The maximum absolute atomic E-state index is 8.67. The zero-order valence-corrected chi connectivity index (χ0v) is 7.58. The molecule has 0 atom stereocenters. The van der Waals surface area contributed by atoms with E-state index >= 15 is 0 Å². The van der Waals surface area contributed by atoms with Crippen LogP contribution in [-0.2, 0) is 4.74 Å². The topological polar surface area (TPSA) is 33.0 Å².